The summed E-state index contributed by atoms with van der Waals surface area (Å²) in [5, 5.41) is 2.00. The van der Waals surface area contributed by atoms with Crippen LogP contribution in [0, 0.1) is 0 Å². The van der Waals surface area contributed by atoms with E-state index in [2.05, 4.69) is 60.0 Å². The van der Waals surface area contributed by atoms with Crippen LogP contribution in [0.25, 0.3) is 11.3 Å². The Labute approximate surface area is 296 Å². The molecule has 4 heterocycles. The molecule has 1 atom stereocenters. The average Bonchev–Trinajstić information content (AvgIpc) is 3.33. The number of halogens is 3. The Hall–Kier alpha value is -4.60. The Bertz CT molecular complexity index is 1810. The number of carbonyl (C=O) groups is 1. The number of carbonyl (C=O) groups excluding carboxylic acids is 1. The van der Waals surface area contributed by atoms with Crippen molar-refractivity contribution in [2.75, 3.05) is 48.4 Å². The van der Waals surface area contributed by atoms with Gasteiger partial charge in [-0.3, -0.25) is 4.90 Å². The molecule has 11 nitrogen and oxygen atoms in total. The zero-order valence-corrected chi connectivity index (χ0v) is 30.3. The molecular formula is C36H42F3N7O4Si. The van der Waals surface area contributed by atoms with Gasteiger partial charge in [0.2, 0.25) is 11.9 Å². The fourth-order valence-electron chi connectivity index (χ4n) is 6.96. The fraction of sp³-hybridized carbons (Fsp3) is 0.417. The fourth-order valence-corrected chi connectivity index (χ4v) is 11.5. The third-order valence-corrected chi connectivity index (χ3v) is 14.5. The Kier molecular flexibility index (Phi) is 9.83. The van der Waals surface area contributed by atoms with Gasteiger partial charge in [0.25, 0.3) is 8.32 Å². The highest BCUT2D eigenvalue weighted by Crippen LogP contribution is 2.41. The molecule has 15 heteroatoms. The van der Waals surface area contributed by atoms with Gasteiger partial charge in [-0.1, -0.05) is 81.4 Å². The first-order chi connectivity index (χ1) is 24.1. The molecule has 0 aliphatic carbocycles. The van der Waals surface area contributed by atoms with Crippen LogP contribution in [0.4, 0.5) is 35.7 Å². The highest BCUT2D eigenvalue weighted by molar-refractivity contribution is 6.99. The van der Waals surface area contributed by atoms with Crippen LogP contribution < -0.4 is 25.9 Å². The number of nitrogens with two attached hydrogens (primary N) is 1. The summed E-state index contributed by atoms with van der Waals surface area (Å²) in [6, 6.07) is 21.8. The van der Waals surface area contributed by atoms with E-state index in [1.54, 1.807) is 4.90 Å². The van der Waals surface area contributed by atoms with Gasteiger partial charge in [-0.05, 0) is 29.3 Å². The first-order valence-electron chi connectivity index (χ1n) is 16.8. The lowest BCUT2D eigenvalue weighted by atomic mass is 9.94. The Balaban J connectivity index is 1.34. The SMILES string of the molecule is CC1(C)[C@@H](CCO[Si](c2ccccc2)(c2ccccc2)C(C)(C)C)OC(=O)N1c1cc(-c2cnc(N)nc2C(F)(F)F)nc(N2CCOCC2)n1. The van der Waals surface area contributed by atoms with Crippen molar-refractivity contribution < 1.29 is 31.9 Å². The van der Waals surface area contributed by atoms with Crippen molar-refractivity contribution in [3.8, 4) is 11.3 Å². The van der Waals surface area contributed by atoms with Gasteiger partial charge in [-0.25, -0.2) is 19.7 Å². The minimum Gasteiger partial charge on any atom is -0.443 e. The number of amides is 1. The Morgan fingerprint density at radius 2 is 1.57 bits per heavy atom. The molecule has 2 aromatic carbocycles. The molecular weight excluding hydrogens is 680 g/mol. The number of rotatable bonds is 9. The van der Waals surface area contributed by atoms with Gasteiger partial charge in [0, 0.05) is 43.9 Å². The summed E-state index contributed by atoms with van der Waals surface area (Å²) in [4.78, 5) is 33.4. The van der Waals surface area contributed by atoms with Crippen LogP contribution in [0.5, 0.6) is 0 Å². The lowest BCUT2D eigenvalue weighted by molar-refractivity contribution is -0.140. The summed E-state index contributed by atoms with van der Waals surface area (Å²) in [6.07, 6.45) is -4.83. The molecule has 2 aliphatic heterocycles. The van der Waals surface area contributed by atoms with E-state index in [4.69, 9.17) is 24.6 Å². The molecule has 0 radical (unpaired) electrons. The first-order valence-corrected chi connectivity index (χ1v) is 18.7. The number of morpholine rings is 1. The quantitative estimate of drug-likeness (QED) is 0.223. The number of benzene rings is 2. The molecule has 2 N–H and O–H groups in total. The third-order valence-electron chi connectivity index (χ3n) is 9.48. The van der Waals surface area contributed by atoms with Gasteiger partial charge >= 0.3 is 12.3 Å². The summed E-state index contributed by atoms with van der Waals surface area (Å²) in [7, 11) is -2.87. The summed E-state index contributed by atoms with van der Waals surface area (Å²) >= 11 is 0. The zero-order chi connectivity index (χ0) is 36.6. The molecule has 51 heavy (non-hydrogen) atoms. The highest BCUT2D eigenvalue weighted by atomic mass is 28.4. The maximum absolute atomic E-state index is 14.2. The number of aromatic nitrogens is 4. The Morgan fingerprint density at radius 1 is 0.961 bits per heavy atom. The summed E-state index contributed by atoms with van der Waals surface area (Å²) < 4.78 is 61.1. The van der Waals surface area contributed by atoms with Gasteiger partial charge < -0.3 is 24.5 Å². The van der Waals surface area contributed by atoms with Crippen LogP contribution in [0.1, 0.15) is 46.7 Å². The van der Waals surface area contributed by atoms with Crippen molar-refractivity contribution >= 4 is 42.5 Å². The smallest absolute Gasteiger partial charge is 0.434 e. The maximum Gasteiger partial charge on any atom is 0.434 e. The second-order valence-corrected chi connectivity index (χ2v) is 18.5. The standard InChI is InChI=1S/C36H42F3N7O4Si/c1-34(2,3)51(24-12-8-6-9-13-24,25-14-10-7-11-15-25)49-19-16-28-35(4,5)46(33(47)50-28)29-22-27(42-32(43-29)45-17-20-48-21-18-45)26-23-41-31(40)44-30(26)36(37,38)39/h6-15,22-23,28H,16-21H2,1-5H3,(H2,40,41,44)/t28-/m1/s1. The van der Waals surface area contributed by atoms with Crippen LogP contribution in [0.15, 0.2) is 72.9 Å². The van der Waals surface area contributed by atoms with Gasteiger partial charge in [0.15, 0.2) is 5.69 Å². The van der Waals surface area contributed by atoms with Gasteiger partial charge in [0.1, 0.15) is 11.9 Å². The number of hydrogen-bond donors (Lipinski definition) is 1. The number of nitrogens with zero attached hydrogens (tertiary/aromatic N) is 6. The predicted octanol–water partition coefficient (Wildman–Crippen LogP) is 5.44. The first kappa shape index (κ1) is 36.2. The third kappa shape index (κ3) is 7.02. The predicted molar refractivity (Wildman–Crippen MR) is 191 cm³/mol. The number of cyclic esters (lactones) is 1. The number of hydrogen-bond acceptors (Lipinski definition) is 10. The number of alkyl halides is 3. The van der Waals surface area contributed by atoms with E-state index in [1.165, 1.54) is 11.0 Å². The number of anilines is 3. The van der Waals surface area contributed by atoms with E-state index in [-0.39, 0.29) is 29.1 Å². The van der Waals surface area contributed by atoms with E-state index >= 15 is 0 Å². The van der Waals surface area contributed by atoms with Crippen LogP contribution in [-0.2, 0) is 20.1 Å². The van der Waals surface area contributed by atoms with Crippen molar-refractivity contribution in [3.63, 3.8) is 0 Å². The molecule has 2 aliphatic rings. The van der Waals surface area contributed by atoms with Crippen LogP contribution >= 0.6 is 0 Å². The molecule has 2 saturated heterocycles. The average molecular weight is 722 g/mol. The molecule has 4 aromatic rings. The normalized spacial score (nSPS) is 18.2. The molecule has 0 unspecified atom stereocenters. The second kappa shape index (κ2) is 13.8. The number of nitrogen functional groups attached to an aromatic ring is 1. The van der Waals surface area contributed by atoms with Crippen molar-refractivity contribution in [2.24, 2.45) is 0 Å². The minimum atomic E-state index is -4.85. The number of ether oxygens (including phenoxy) is 2. The van der Waals surface area contributed by atoms with Gasteiger partial charge in [0.05, 0.1) is 24.4 Å². The van der Waals surface area contributed by atoms with E-state index in [1.807, 2.05) is 50.2 Å². The van der Waals surface area contributed by atoms with E-state index in [9.17, 15) is 18.0 Å². The highest BCUT2D eigenvalue weighted by Gasteiger charge is 2.53. The molecule has 270 valence electrons. The van der Waals surface area contributed by atoms with E-state index in [0.717, 1.165) is 16.6 Å². The van der Waals surface area contributed by atoms with E-state index < -0.39 is 49.4 Å². The monoisotopic (exact) mass is 721 g/mol. The lowest BCUT2D eigenvalue weighted by Crippen LogP contribution is -2.66. The van der Waals surface area contributed by atoms with Crippen molar-refractivity contribution in [1.29, 1.82) is 0 Å². The van der Waals surface area contributed by atoms with Crippen molar-refractivity contribution in [3.05, 3.63) is 78.6 Å². The molecule has 0 bridgehead atoms. The van der Waals surface area contributed by atoms with Gasteiger partial charge in [-0.2, -0.15) is 18.2 Å². The zero-order valence-electron chi connectivity index (χ0n) is 29.3. The molecule has 0 saturated carbocycles. The molecule has 2 aromatic heterocycles. The van der Waals surface area contributed by atoms with Crippen molar-refractivity contribution in [1.82, 2.24) is 19.9 Å². The summed E-state index contributed by atoms with van der Waals surface area (Å²) in [5.74, 6) is -0.309. The Morgan fingerprint density at radius 3 is 2.14 bits per heavy atom. The topological polar surface area (TPSA) is 129 Å². The molecule has 6 rings (SSSR count). The summed E-state index contributed by atoms with van der Waals surface area (Å²) in [6.45, 7) is 12.1. The largest absolute Gasteiger partial charge is 0.443 e. The van der Waals surface area contributed by atoms with E-state index in [0.29, 0.717) is 32.7 Å². The van der Waals surface area contributed by atoms with Crippen LogP contribution in [0.2, 0.25) is 5.04 Å². The molecule has 0 spiro atoms. The molecule has 2 fully saturated rings. The van der Waals surface area contributed by atoms with Crippen molar-refractivity contribution in [2.45, 2.75) is 63.9 Å². The van der Waals surface area contributed by atoms with Crippen LogP contribution in [-0.4, -0.2) is 78.9 Å². The minimum absolute atomic E-state index is 0.0804. The second-order valence-electron chi connectivity index (χ2n) is 14.2. The van der Waals surface area contributed by atoms with Gasteiger partial charge in [-0.15, -0.1) is 0 Å². The molecule has 1 amide bonds. The lowest BCUT2D eigenvalue weighted by Gasteiger charge is -2.43. The maximum atomic E-state index is 14.2. The van der Waals surface area contributed by atoms with Crippen LogP contribution in [0.3, 0.4) is 0 Å². The summed E-state index contributed by atoms with van der Waals surface area (Å²) in [5.41, 5.74) is 2.82.